The monoisotopic (exact) mass is 284 g/mol. The van der Waals surface area contributed by atoms with E-state index in [0.29, 0.717) is 17.4 Å². The Balaban J connectivity index is 2.07. The van der Waals surface area contributed by atoms with E-state index in [2.05, 4.69) is 32.5 Å². The Labute approximate surface area is 121 Å². The first-order valence-corrected chi connectivity index (χ1v) is 6.75. The Morgan fingerprint density at radius 3 is 3.00 bits per heavy atom. The summed E-state index contributed by atoms with van der Waals surface area (Å²) in [6.07, 6.45) is 2.48. The summed E-state index contributed by atoms with van der Waals surface area (Å²) in [5, 5.41) is 8.72. The first-order valence-electron chi connectivity index (χ1n) is 6.75. The van der Waals surface area contributed by atoms with Gasteiger partial charge >= 0.3 is 0 Å². The molecular formula is C14H16N6O. The van der Waals surface area contributed by atoms with Crippen LogP contribution in [0.1, 0.15) is 26.0 Å². The van der Waals surface area contributed by atoms with Crippen LogP contribution in [0.25, 0.3) is 17.4 Å². The predicted molar refractivity (Wildman–Crippen MR) is 80.2 cm³/mol. The highest BCUT2D eigenvalue weighted by atomic mass is 16.3. The average molecular weight is 284 g/mol. The molecule has 0 saturated carbocycles. The summed E-state index contributed by atoms with van der Waals surface area (Å²) < 4.78 is 6.94. The first kappa shape index (κ1) is 13.3. The van der Waals surface area contributed by atoms with Crippen molar-refractivity contribution < 1.29 is 4.42 Å². The molecule has 0 atom stereocenters. The standard InChI is InChI=1S/C14H16N6O/c1-4-9(2)17-18-12-8-10(3)15-14-16-13(19-20(12)14)11-6-5-7-21-11/h5-8,18H,4H2,1-3H3/b17-9-. The zero-order valence-corrected chi connectivity index (χ0v) is 12.2. The quantitative estimate of drug-likeness (QED) is 0.588. The molecule has 0 unspecified atom stereocenters. The highest BCUT2D eigenvalue weighted by molar-refractivity contribution is 5.82. The maximum absolute atomic E-state index is 5.32. The van der Waals surface area contributed by atoms with Gasteiger partial charge in [0.1, 0.15) is 0 Å². The molecular weight excluding hydrogens is 268 g/mol. The van der Waals surface area contributed by atoms with Gasteiger partial charge in [-0.1, -0.05) is 6.92 Å². The minimum Gasteiger partial charge on any atom is -0.461 e. The van der Waals surface area contributed by atoms with E-state index in [0.717, 1.165) is 23.6 Å². The lowest BCUT2D eigenvalue weighted by Crippen LogP contribution is -2.04. The van der Waals surface area contributed by atoms with Crippen LogP contribution in [0.15, 0.2) is 34.0 Å². The van der Waals surface area contributed by atoms with Gasteiger partial charge in [0, 0.05) is 17.5 Å². The lowest BCUT2D eigenvalue weighted by molar-refractivity contribution is 0.577. The fourth-order valence-electron chi connectivity index (χ4n) is 1.81. The van der Waals surface area contributed by atoms with Crippen molar-refractivity contribution in [1.82, 2.24) is 19.6 Å². The van der Waals surface area contributed by atoms with Gasteiger partial charge < -0.3 is 4.42 Å². The van der Waals surface area contributed by atoms with Gasteiger partial charge in [-0.05, 0) is 32.4 Å². The second-order valence-electron chi connectivity index (χ2n) is 4.72. The Bertz CT molecular complexity index is 787. The minimum atomic E-state index is 0.498. The largest absolute Gasteiger partial charge is 0.461 e. The van der Waals surface area contributed by atoms with Gasteiger partial charge in [-0.2, -0.15) is 14.6 Å². The lowest BCUT2D eigenvalue weighted by atomic mass is 10.3. The molecule has 0 fully saturated rings. The molecule has 7 nitrogen and oxygen atoms in total. The number of nitrogens with one attached hydrogen (secondary N) is 1. The second-order valence-corrected chi connectivity index (χ2v) is 4.72. The Kier molecular flexibility index (Phi) is 3.39. The summed E-state index contributed by atoms with van der Waals surface area (Å²) in [4.78, 5) is 8.76. The predicted octanol–water partition coefficient (Wildman–Crippen LogP) is 2.89. The van der Waals surface area contributed by atoms with E-state index in [9.17, 15) is 0 Å². The number of anilines is 1. The van der Waals surface area contributed by atoms with Gasteiger partial charge in [-0.15, -0.1) is 5.10 Å². The normalized spacial score (nSPS) is 12.0. The lowest BCUT2D eigenvalue weighted by Gasteiger charge is -2.04. The average Bonchev–Trinajstić information content (AvgIpc) is 3.12. The van der Waals surface area contributed by atoms with E-state index in [1.807, 2.05) is 26.0 Å². The molecule has 0 aliphatic heterocycles. The van der Waals surface area contributed by atoms with Crippen molar-refractivity contribution in [2.24, 2.45) is 5.10 Å². The van der Waals surface area contributed by atoms with E-state index in [1.165, 1.54) is 0 Å². The number of aryl methyl sites for hydroxylation is 1. The van der Waals surface area contributed by atoms with Crippen molar-refractivity contribution in [2.45, 2.75) is 27.2 Å². The molecule has 108 valence electrons. The third kappa shape index (κ3) is 2.62. The molecule has 3 rings (SSSR count). The third-order valence-corrected chi connectivity index (χ3v) is 3.05. The maximum Gasteiger partial charge on any atom is 0.255 e. The molecule has 1 N–H and O–H groups in total. The molecule has 21 heavy (non-hydrogen) atoms. The molecule has 0 aliphatic rings. The molecule has 0 spiro atoms. The number of hydrazone groups is 1. The van der Waals surface area contributed by atoms with Gasteiger partial charge in [-0.25, -0.2) is 4.98 Å². The van der Waals surface area contributed by atoms with Gasteiger partial charge in [0.15, 0.2) is 11.6 Å². The highest BCUT2D eigenvalue weighted by Gasteiger charge is 2.12. The summed E-state index contributed by atoms with van der Waals surface area (Å²) in [6.45, 7) is 5.93. The van der Waals surface area contributed by atoms with Gasteiger partial charge in [0.25, 0.3) is 5.78 Å². The Morgan fingerprint density at radius 2 is 2.29 bits per heavy atom. The van der Waals surface area contributed by atoms with Crippen LogP contribution in [0.2, 0.25) is 0 Å². The fraction of sp³-hybridized carbons (Fsp3) is 0.286. The number of furan rings is 1. The molecule has 0 amide bonds. The number of fused-ring (bicyclic) bond motifs is 1. The SMILES string of the molecule is CC/C(C)=N\Nc1cc(C)nc2nc(-c3ccco3)nn12. The maximum atomic E-state index is 5.32. The summed E-state index contributed by atoms with van der Waals surface area (Å²) >= 11 is 0. The van der Waals surface area contributed by atoms with Crippen LogP contribution in [-0.2, 0) is 0 Å². The van der Waals surface area contributed by atoms with Gasteiger partial charge in [0.05, 0.1) is 6.26 Å². The Hall–Kier alpha value is -2.70. The second kappa shape index (κ2) is 5.35. The van der Waals surface area contributed by atoms with E-state index in [-0.39, 0.29) is 0 Å². The van der Waals surface area contributed by atoms with Crippen LogP contribution in [0.3, 0.4) is 0 Å². The zero-order chi connectivity index (χ0) is 14.8. The number of rotatable bonds is 4. The molecule has 0 aliphatic carbocycles. The van der Waals surface area contributed by atoms with Crippen LogP contribution < -0.4 is 5.43 Å². The van der Waals surface area contributed by atoms with Crippen LogP contribution in [0, 0.1) is 6.92 Å². The number of hydrogen-bond donors (Lipinski definition) is 1. The molecule has 0 bridgehead atoms. The fourth-order valence-corrected chi connectivity index (χ4v) is 1.81. The summed E-state index contributed by atoms with van der Waals surface area (Å²) in [7, 11) is 0. The third-order valence-electron chi connectivity index (χ3n) is 3.05. The number of hydrogen-bond acceptors (Lipinski definition) is 6. The molecule has 3 aromatic heterocycles. The van der Waals surface area contributed by atoms with E-state index in [1.54, 1.807) is 16.8 Å². The smallest absolute Gasteiger partial charge is 0.255 e. The molecule has 3 aromatic rings. The van der Waals surface area contributed by atoms with Crippen molar-refractivity contribution >= 4 is 17.3 Å². The molecule has 3 heterocycles. The summed E-state index contributed by atoms with van der Waals surface area (Å²) in [6, 6.07) is 5.49. The van der Waals surface area contributed by atoms with Gasteiger partial charge in [-0.3, -0.25) is 5.43 Å². The number of aromatic nitrogens is 4. The van der Waals surface area contributed by atoms with Crippen molar-refractivity contribution in [3.05, 3.63) is 30.2 Å². The van der Waals surface area contributed by atoms with E-state index >= 15 is 0 Å². The summed E-state index contributed by atoms with van der Waals surface area (Å²) in [5.74, 6) is 2.33. The van der Waals surface area contributed by atoms with Gasteiger partial charge in [0.2, 0.25) is 5.82 Å². The van der Waals surface area contributed by atoms with Crippen molar-refractivity contribution in [2.75, 3.05) is 5.43 Å². The van der Waals surface area contributed by atoms with Crippen LogP contribution in [0.4, 0.5) is 5.82 Å². The van der Waals surface area contributed by atoms with Crippen molar-refractivity contribution in [3.8, 4) is 11.6 Å². The summed E-state index contributed by atoms with van der Waals surface area (Å²) in [5.41, 5.74) is 4.86. The topological polar surface area (TPSA) is 80.6 Å². The molecule has 0 saturated heterocycles. The van der Waals surface area contributed by atoms with Crippen LogP contribution in [0.5, 0.6) is 0 Å². The first-order chi connectivity index (χ1) is 10.2. The molecule has 0 aromatic carbocycles. The number of nitrogens with zero attached hydrogens (tertiary/aromatic N) is 5. The van der Waals surface area contributed by atoms with Crippen LogP contribution >= 0.6 is 0 Å². The van der Waals surface area contributed by atoms with Crippen molar-refractivity contribution in [1.29, 1.82) is 0 Å². The highest BCUT2D eigenvalue weighted by Crippen LogP contribution is 2.18. The molecule has 7 heteroatoms. The minimum absolute atomic E-state index is 0.498. The zero-order valence-electron chi connectivity index (χ0n) is 12.2. The molecule has 0 radical (unpaired) electrons. The van der Waals surface area contributed by atoms with Crippen molar-refractivity contribution in [3.63, 3.8) is 0 Å². The van der Waals surface area contributed by atoms with E-state index < -0.39 is 0 Å². The van der Waals surface area contributed by atoms with Crippen LogP contribution in [-0.4, -0.2) is 25.3 Å². The Morgan fingerprint density at radius 1 is 1.43 bits per heavy atom. The van der Waals surface area contributed by atoms with E-state index in [4.69, 9.17) is 4.42 Å².